The van der Waals surface area contributed by atoms with E-state index in [9.17, 15) is 4.79 Å². The van der Waals surface area contributed by atoms with E-state index in [1.54, 1.807) is 0 Å². The van der Waals surface area contributed by atoms with Crippen molar-refractivity contribution in [1.82, 2.24) is 29.5 Å². The van der Waals surface area contributed by atoms with Gasteiger partial charge in [0, 0.05) is 55.4 Å². The van der Waals surface area contributed by atoms with Crippen molar-refractivity contribution in [3.63, 3.8) is 0 Å². The molecule has 0 spiro atoms. The quantitative estimate of drug-likeness (QED) is 0.536. The van der Waals surface area contributed by atoms with Gasteiger partial charge in [0.2, 0.25) is 5.91 Å². The van der Waals surface area contributed by atoms with Gasteiger partial charge in [-0.3, -0.25) is 9.36 Å². The van der Waals surface area contributed by atoms with E-state index in [0.717, 1.165) is 79.6 Å². The second kappa shape index (κ2) is 9.87. The summed E-state index contributed by atoms with van der Waals surface area (Å²) in [6.07, 6.45) is 4.26. The number of ether oxygens (including phenoxy) is 1. The van der Waals surface area contributed by atoms with E-state index in [4.69, 9.17) is 4.74 Å². The fourth-order valence-electron chi connectivity index (χ4n) is 4.74. The fraction of sp³-hybridized carbons (Fsp3) is 0.542. The average Bonchev–Trinajstić information content (AvgIpc) is 3.60. The molecule has 2 saturated heterocycles. The molecular weight excluding hydrogens is 436 g/mol. The number of nitrogens with zero attached hydrogens (tertiary/aromatic N) is 5. The predicted molar refractivity (Wildman–Crippen MR) is 130 cm³/mol. The Kier molecular flexibility index (Phi) is 6.71. The van der Waals surface area contributed by atoms with Crippen molar-refractivity contribution < 1.29 is 9.53 Å². The average molecular weight is 469 g/mol. The summed E-state index contributed by atoms with van der Waals surface area (Å²) in [5.74, 6) is 0.998. The molecule has 2 aromatic heterocycles. The molecule has 1 N–H and O–H groups in total. The highest BCUT2D eigenvalue weighted by Crippen LogP contribution is 2.32. The number of nitrogens with one attached hydrogen (secondary N) is 1. The highest BCUT2D eigenvalue weighted by molar-refractivity contribution is 8.00. The van der Waals surface area contributed by atoms with Crippen LogP contribution in [0.15, 0.2) is 35.6 Å². The molecule has 2 atom stereocenters. The smallest absolute Gasteiger partial charge is 0.235 e. The van der Waals surface area contributed by atoms with Crippen LogP contribution >= 0.6 is 11.8 Å². The molecule has 5 rings (SSSR count). The van der Waals surface area contributed by atoms with Crippen LogP contribution in [0.25, 0.3) is 22.3 Å². The number of hydrogen-bond donors (Lipinski definition) is 1. The standard InChI is InChI=1S/C24H32N6O2S/c1-3-28-10-12-29(13-11-28)23(31)17(2)33-24-27-26-22(30(24)16-18-7-6-14-32-18)20-15-25-21-9-5-4-8-19(20)21/h4-5,8-9,15,17-18,25H,3,6-7,10-14,16H2,1-2H3. The summed E-state index contributed by atoms with van der Waals surface area (Å²) in [5, 5.41) is 10.8. The zero-order valence-corrected chi connectivity index (χ0v) is 20.2. The van der Waals surface area contributed by atoms with Crippen molar-refractivity contribution in [3.05, 3.63) is 30.5 Å². The first-order chi connectivity index (χ1) is 16.1. The van der Waals surface area contributed by atoms with Crippen molar-refractivity contribution in [1.29, 1.82) is 0 Å². The normalized spacial score (nSPS) is 20.5. The van der Waals surface area contributed by atoms with Gasteiger partial charge in [0.15, 0.2) is 11.0 Å². The Bertz CT molecular complexity index is 1100. The largest absolute Gasteiger partial charge is 0.376 e. The van der Waals surface area contributed by atoms with E-state index in [1.165, 1.54) is 11.8 Å². The zero-order chi connectivity index (χ0) is 22.8. The van der Waals surface area contributed by atoms with Crippen LogP contribution in [0.1, 0.15) is 26.7 Å². The van der Waals surface area contributed by atoms with Crippen molar-refractivity contribution in [2.75, 3.05) is 39.3 Å². The van der Waals surface area contributed by atoms with Crippen molar-refractivity contribution in [3.8, 4) is 11.4 Å². The Morgan fingerprint density at radius 1 is 1.24 bits per heavy atom. The van der Waals surface area contributed by atoms with Gasteiger partial charge in [0.05, 0.1) is 17.9 Å². The lowest BCUT2D eigenvalue weighted by Crippen LogP contribution is -2.50. The summed E-state index contributed by atoms with van der Waals surface area (Å²) >= 11 is 1.50. The van der Waals surface area contributed by atoms with Crippen molar-refractivity contribution >= 4 is 28.6 Å². The monoisotopic (exact) mass is 468 g/mol. The Labute approximate surface area is 198 Å². The minimum Gasteiger partial charge on any atom is -0.376 e. The molecule has 0 bridgehead atoms. The number of H-pyrrole nitrogens is 1. The number of aromatic amines is 1. The lowest BCUT2D eigenvalue weighted by Gasteiger charge is -2.35. The van der Waals surface area contributed by atoms with Crippen LogP contribution in [0.4, 0.5) is 0 Å². The molecule has 4 heterocycles. The molecule has 0 saturated carbocycles. The highest BCUT2D eigenvalue weighted by Gasteiger charge is 2.28. The number of para-hydroxylation sites is 1. The first-order valence-corrected chi connectivity index (χ1v) is 12.8. The van der Waals surface area contributed by atoms with Crippen LogP contribution in [0, 0.1) is 0 Å². The molecule has 0 radical (unpaired) electrons. The number of thioether (sulfide) groups is 1. The minimum atomic E-state index is -0.221. The Hall–Kier alpha value is -2.36. The van der Waals surface area contributed by atoms with Gasteiger partial charge in [-0.15, -0.1) is 10.2 Å². The lowest BCUT2D eigenvalue weighted by molar-refractivity contribution is -0.132. The SMILES string of the molecule is CCN1CCN(C(=O)C(C)Sc2nnc(-c3c[nH]c4ccccc34)n2CC2CCCO2)CC1. The number of amides is 1. The third kappa shape index (κ3) is 4.67. The Balaban J connectivity index is 1.39. The molecule has 2 aliphatic heterocycles. The number of rotatable bonds is 7. The molecule has 2 aliphatic rings. The molecule has 8 nitrogen and oxygen atoms in total. The summed E-state index contributed by atoms with van der Waals surface area (Å²) in [4.78, 5) is 20.9. The third-order valence-electron chi connectivity index (χ3n) is 6.72. The number of benzene rings is 1. The predicted octanol–water partition coefficient (Wildman–Crippen LogP) is 3.25. The summed E-state index contributed by atoms with van der Waals surface area (Å²) in [7, 11) is 0. The van der Waals surface area contributed by atoms with Crippen LogP contribution in [0.2, 0.25) is 0 Å². The van der Waals surface area contributed by atoms with Crippen LogP contribution in [-0.2, 0) is 16.1 Å². The summed E-state index contributed by atoms with van der Waals surface area (Å²) in [6.45, 7) is 10.2. The first-order valence-electron chi connectivity index (χ1n) is 11.9. The molecule has 33 heavy (non-hydrogen) atoms. The Morgan fingerprint density at radius 2 is 2.06 bits per heavy atom. The van der Waals surface area contributed by atoms with Gasteiger partial charge < -0.3 is 19.5 Å². The highest BCUT2D eigenvalue weighted by atomic mass is 32.2. The number of carbonyl (C=O) groups is 1. The van der Waals surface area contributed by atoms with Crippen molar-refractivity contribution in [2.45, 2.75) is 49.7 Å². The van der Waals surface area contributed by atoms with E-state index in [2.05, 4.69) is 43.7 Å². The molecule has 1 aromatic carbocycles. The maximum Gasteiger partial charge on any atom is 0.235 e. The second-order valence-electron chi connectivity index (χ2n) is 8.82. The van der Waals surface area contributed by atoms with E-state index in [-0.39, 0.29) is 17.3 Å². The van der Waals surface area contributed by atoms with Gasteiger partial charge in [-0.1, -0.05) is 36.9 Å². The number of fused-ring (bicyclic) bond motifs is 1. The maximum atomic E-state index is 13.2. The number of carbonyl (C=O) groups excluding carboxylic acids is 1. The Morgan fingerprint density at radius 3 is 2.82 bits per heavy atom. The summed E-state index contributed by atoms with van der Waals surface area (Å²) in [5.41, 5.74) is 2.10. The zero-order valence-electron chi connectivity index (χ0n) is 19.4. The lowest BCUT2D eigenvalue weighted by atomic mass is 10.1. The van der Waals surface area contributed by atoms with Crippen molar-refractivity contribution in [2.24, 2.45) is 0 Å². The van der Waals surface area contributed by atoms with Crippen LogP contribution in [0.5, 0.6) is 0 Å². The number of piperazine rings is 1. The van der Waals surface area contributed by atoms with Crippen LogP contribution in [0.3, 0.4) is 0 Å². The minimum absolute atomic E-state index is 0.150. The van der Waals surface area contributed by atoms with Gasteiger partial charge in [-0.25, -0.2) is 0 Å². The summed E-state index contributed by atoms with van der Waals surface area (Å²) in [6, 6.07) is 8.22. The van der Waals surface area contributed by atoms with E-state index in [0.29, 0.717) is 6.54 Å². The molecule has 176 valence electrons. The molecule has 1 amide bonds. The number of likely N-dealkylation sites (N-methyl/N-ethyl adjacent to an activating group) is 1. The van der Waals surface area contributed by atoms with E-state index < -0.39 is 0 Å². The van der Waals surface area contributed by atoms with Gasteiger partial charge in [-0.05, 0) is 32.4 Å². The number of hydrogen-bond acceptors (Lipinski definition) is 6. The second-order valence-corrected chi connectivity index (χ2v) is 10.1. The number of aromatic nitrogens is 4. The van der Waals surface area contributed by atoms with E-state index in [1.807, 2.05) is 30.2 Å². The maximum absolute atomic E-state index is 13.2. The summed E-state index contributed by atoms with van der Waals surface area (Å²) < 4.78 is 8.08. The molecule has 2 fully saturated rings. The first kappa shape index (κ1) is 22.4. The van der Waals surface area contributed by atoms with Gasteiger partial charge in [0.1, 0.15) is 0 Å². The fourth-order valence-corrected chi connectivity index (χ4v) is 5.68. The molecule has 3 aromatic rings. The molecule has 2 unspecified atom stereocenters. The van der Waals surface area contributed by atoms with Gasteiger partial charge >= 0.3 is 0 Å². The van der Waals surface area contributed by atoms with Gasteiger partial charge in [-0.2, -0.15) is 0 Å². The molecular formula is C24H32N6O2S. The topological polar surface area (TPSA) is 79.3 Å². The molecule has 9 heteroatoms. The van der Waals surface area contributed by atoms with Crippen LogP contribution in [-0.4, -0.2) is 86.1 Å². The molecule has 0 aliphatic carbocycles. The van der Waals surface area contributed by atoms with Gasteiger partial charge in [0.25, 0.3) is 0 Å². The van der Waals surface area contributed by atoms with Crippen LogP contribution < -0.4 is 0 Å². The third-order valence-corrected chi connectivity index (χ3v) is 7.79. The van der Waals surface area contributed by atoms with E-state index >= 15 is 0 Å².